The van der Waals surface area contributed by atoms with Gasteiger partial charge in [0.05, 0.1) is 12.1 Å². The van der Waals surface area contributed by atoms with Gasteiger partial charge in [-0.3, -0.25) is 9.36 Å². The van der Waals surface area contributed by atoms with Crippen LogP contribution in [-0.2, 0) is 28.0 Å². The molecule has 0 aliphatic heterocycles. The van der Waals surface area contributed by atoms with Crippen molar-refractivity contribution in [1.29, 1.82) is 0 Å². The minimum Gasteiger partial charge on any atom is -0.480 e. The lowest BCUT2D eigenvalue weighted by Crippen LogP contribution is -2.26. The SMILES string of the molecule is CCCn1c([C@@H](C)OC(=O)c2ccc(SC(C)(C)C(=O)O)cc2)nn(Cc2ccc(C(C)(C)C)cc2)c1=O. The smallest absolute Gasteiger partial charge is 0.346 e. The molecule has 1 aromatic heterocycles. The number of rotatable bonds is 10. The number of carboxylic acids is 1. The van der Waals surface area contributed by atoms with Crippen LogP contribution >= 0.6 is 11.8 Å². The molecular formula is C29H37N3O5S. The van der Waals surface area contributed by atoms with E-state index in [9.17, 15) is 19.5 Å². The quantitative estimate of drug-likeness (QED) is 0.261. The van der Waals surface area contributed by atoms with Crippen LogP contribution in [0.25, 0.3) is 0 Å². The lowest BCUT2D eigenvalue weighted by molar-refractivity contribution is -0.138. The largest absolute Gasteiger partial charge is 0.480 e. The van der Waals surface area contributed by atoms with Crippen molar-refractivity contribution in [3.05, 3.63) is 81.5 Å². The van der Waals surface area contributed by atoms with Gasteiger partial charge in [-0.15, -0.1) is 11.8 Å². The topological polar surface area (TPSA) is 103 Å². The van der Waals surface area contributed by atoms with Crippen LogP contribution < -0.4 is 5.69 Å². The van der Waals surface area contributed by atoms with Gasteiger partial charge in [0.2, 0.25) is 0 Å². The van der Waals surface area contributed by atoms with Crippen molar-refractivity contribution in [2.75, 3.05) is 0 Å². The summed E-state index contributed by atoms with van der Waals surface area (Å²) in [7, 11) is 0. The van der Waals surface area contributed by atoms with E-state index in [2.05, 4.69) is 38.0 Å². The predicted octanol–water partition coefficient (Wildman–Crippen LogP) is 5.67. The minimum atomic E-state index is -0.993. The van der Waals surface area contributed by atoms with Gasteiger partial charge in [0.15, 0.2) is 11.9 Å². The highest BCUT2D eigenvalue weighted by Crippen LogP contribution is 2.33. The second kappa shape index (κ2) is 11.6. The number of nitrogens with zero attached hydrogens (tertiary/aromatic N) is 3. The maximum Gasteiger partial charge on any atom is 0.346 e. The second-order valence-electron chi connectivity index (χ2n) is 10.9. The van der Waals surface area contributed by atoms with Gasteiger partial charge in [0, 0.05) is 11.4 Å². The highest BCUT2D eigenvalue weighted by atomic mass is 32.2. The summed E-state index contributed by atoms with van der Waals surface area (Å²) in [4.78, 5) is 38.1. The maximum absolute atomic E-state index is 13.1. The lowest BCUT2D eigenvalue weighted by atomic mass is 9.87. The summed E-state index contributed by atoms with van der Waals surface area (Å²) in [6.45, 7) is 14.2. The Labute approximate surface area is 228 Å². The Kier molecular flexibility index (Phi) is 8.92. The van der Waals surface area contributed by atoms with Gasteiger partial charge in [0.1, 0.15) is 4.75 Å². The Hall–Kier alpha value is -3.33. The number of aromatic nitrogens is 3. The summed E-state index contributed by atoms with van der Waals surface area (Å²) in [6, 6.07) is 14.8. The van der Waals surface area contributed by atoms with Crippen molar-refractivity contribution in [3.63, 3.8) is 0 Å². The van der Waals surface area contributed by atoms with E-state index in [4.69, 9.17) is 4.74 Å². The number of hydrogen-bond donors (Lipinski definition) is 1. The minimum absolute atomic E-state index is 0.0404. The maximum atomic E-state index is 13.1. The van der Waals surface area contributed by atoms with E-state index in [1.54, 1.807) is 49.6 Å². The van der Waals surface area contributed by atoms with Crippen molar-refractivity contribution in [2.45, 2.75) is 89.1 Å². The van der Waals surface area contributed by atoms with Crippen LogP contribution in [0.4, 0.5) is 0 Å². The van der Waals surface area contributed by atoms with E-state index >= 15 is 0 Å². The molecule has 0 bridgehead atoms. The summed E-state index contributed by atoms with van der Waals surface area (Å²) >= 11 is 1.20. The van der Waals surface area contributed by atoms with E-state index in [0.29, 0.717) is 24.5 Å². The molecule has 0 saturated carbocycles. The number of benzene rings is 2. The van der Waals surface area contributed by atoms with Gasteiger partial charge in [-0.2, -0.15) is 5.10 Å². The van der Waals surface area contributed by atoms with E-state index in [1.807, 2.05) is 19.1 Å². The summed E-state index contributed by atoms with van der Waals surface area (Å²) in [5.41, 5.74) is 2.30. The normalized spacial score (nSPS) is 12.8. The third-order valence-electron chi connectivity index (χ3n) is 6.18. The number of carboxylic acid groups (broad SMARTS) is 1. The summed E-state index contributed by atoms with van der Waals surface area (Å²) < 4.78 is 7.67. The lowest BCUT2D eigenvalue weighted by Gasteiger charge is -2.19. The Morgan fingerprint density at radius 3 is 2.16 bits per heavy atom. The Morgan fingerprint density at radius 2 is 1.63 bits per heavy atom. The molecule has 3 aromatic rings. The standard InChI is InChI=1S/C29H37N3O5S/c1-8-17-31-24(30-32(27(31)36)18-20-9-13-22(14-10-20)28(3,4)5)19(2)37-25(33)21-11-15-23(16-12-21)38-29(6,7)26(34)35/h9-16,19H,8,17-18H2,1-7H3,(H,34,35)/t19-/m1/s1. The molecule has 0 aliphatic carbocycles. The van der Waals surface area contributed by atoms with Crippen molar-refractivity contribution >= 4 is 23.7 Å². The fourth-order valence-electron chi connectivity index (χ4n) is 3.86. The van der Waals surface area contributed by atoms with Crippen molar-refractivity contribution < 1.29 is 19.4 Å². The molecule has 0 unspecified atom stereocenters. The molecule has 0 saturated heterocycles. The highest BCUT2D eigenvalue weighted by Gasteiger charge is 2.28. The fraction of sp³-hybridized carbons (Fsp3) is 0.448. The van der Waals surface area contributed by atoms with Gasteiger partial charge in [-0.25, -0.2) is 14.3 Å². The van der Waals surface area contributed by atoms with E-state index in [0.717, 1.165) is 16.9 Å². The number of esters is 1. The average Bonchev–Trinajstić information content (AvgIpc) is 3.14. The van der Waals surface area contributed by atoms with E-state index < -0.39 is 22.8 Å². The van der Waals surface area contributed by atoms with Crippen LogP contribution in [0.2, 0.25) is 0 Å². The van der Waals surface area contributed by atoms with Gasteiger partial charge < -0.3 is 9.84 Å². The van der Waals surface area contributed by atoms with Crippen LogP contribution in [0.1, 0.15) is 88.3 Å². The van der Waals surface area contributed by atoms with Crippen molar-refractivity contribution in [3.8, 4) is 0 Å². The van der Waals surface area contributed by atoms with Crippen molar-refractivity contribution in [1.82, 2.24) is 14.3 Å². The van der Waals surface area contributed by atoms with Crippen LogP contribution in [-0.4, -0.2) is 36.1 Å². The number of carbonyl (C=O) groups is 2. The van der Waals surface area contributed by atoms with Crippen LogP contribution in [0.5, 0.6) is 0 Å². The molecular weight excluding hydrogens is 502 g/mol. The highest BCUT2D eigenvalue weighted by molar-refractivity contribution is 8.01. The molecule has 0 aliphatic rings. The molecule has 1 N–H and O–H groups in total. The third-order valence-corrected chi connectivity index (χ3v) is 7.37. The zero-order valence-corrected chi connectivity index (χ0v) is 24.0. The monoisotopic (exact) mass is 539 g/mol. The molecule has 3 rings (SSSR count). The molecule has 204 valence electrons. The van der Waals surface area contributed by atoms with Crippen molar-refractivity contribution in [2.24, 2.45) is 0 Å². The van der Waals surface area contributed by atoms with Crippen LogP contribution in [0.3, 0.4) is 0 Å². The average molecular weight is 540 g/mol. The first-order valence-electron chi connectivity index (χ1n) is 12.7. The number of ether oxygens (including phenoxy) is 1. The fourth-order valence-corrected chi connectivity index (χ4v) is 4.81. The Balaban J connectivity index is 1.77. The van der Waals surface area contributed by atoms with Crippen LogP contribution in [0, 0.1) is 0 Å². The summed E-state index contributed by atoms with van der Waals surface area (Å²) in [5, 5.41) is 13.9. The molecule has 0 fully saturated rings. The van der Waals surface area contributed by atoms with Gasteiger partial charge >= 0.3 is 17.6 Å². The van der Waals surface area contributed by atoms with E-state index in [1.165, 1.54) is 22.0 Å². The molecule has 0 spiro atoms. The Bertz CT molecular complexity index is 1330. The molecule has 9 heteroatoms. The predicted molar refractivity (Wildman–Crippen MR) is 149 cm³/mol. The third kappa shape index (κ3) is 6.95. The number of hydrogen-bond acceptors (Lipinski definition) is 6. The summed E-state index contributed by atoms with van der Waals surface area (Å²) in [5.74, 6) is -1.07. The number of carbonyl (C=O) groups excluding carboxylic acids is 1. The molecule has 1 heterocycles. The number of aliphatic carboxylic acids is 1. The van der Waals surface area contributed by atoms with Gasteiger partial charge in [-0.1, -0.05) is 52.0 Å². The zero-order valence-electron chi connectivity index (χ0n) is 23.1. The first-order chi connectivity index (χ1) is 17.7. The molecule has 0 amide bonds. The van der Waals surface area contributed by atoms with Gasteiger partial charge in [-0.05, 0) is 68.0 Å². The summed E-state index contributed by atoms with van der Waals surface area (Å²) in [6.07, 6.45) is -0.0167. The zero-order chi connectivity index (χ0) is 28.3. The Morgan fingerprint density at radius 1 is 1.03 bits per heavy atom. The first-order valence-corrected chi connectivity index (χ1v) is 13.5. The molecule has 38 heavy (non-hydrogen) atoms. The van der Waals surface area contributed by atoms with E-state index in [-0.39, 0.29) is 11.1 Å². The number of thioether (sulfide) groups is 1. The molecule has 2 aromatic carbocycles. The van der Waals surface area contributed by atoms with Crippen LogP contribution in [0.15, 0.2) is 58.2 Å². The molecule has 8 nitrogen and oxygen atoms in total. The molecule has 1 atom stereocenters. The first kappa shape index (κ1) is 29.2. The van der Waals surface area contributed by atoms with Gasteiger partial charge in [0.25, 0.3) is 0 Å². The molecule has 0 radical (unpaired) electrons. The second-order valence-corrected chi connectivity index (χ2v) is 12.6.